The summed E-state index contributed by atoms with van der Waals surface area (Å²) in [5, 5.41) is 5.22. The average molecular weight is 410 g/mol. The summed E-state index contributed by atoms with van der Waals surface area (Å²) >= 11 is 2.63. The molecule has 5 nitrogen and oxygen atoms in total. The Bertz CT molecular complexity index is 1060. The standard InChI is InChI=1S/C21H19N3O2S2/c1-13-8-10-14(11-9-13)15-12-27-20(22-15)23-18(25)21(2)19(26)24(3)16-6-4-5-7-17(16)28-21/h4-12H,1-3H3,(H,22,23,25). The monoisotopic (exact) mass is 409 g/mol. The fraction of sp³-hybridized carbons (Fsp3) is 0.190. The van der Waals surface area contributed by atoms with Gasteiger partial charge in [-0.15, -0.1) is 11.3 Å². The number of carbonyl (C=O) groups excluding carboxylic acids is 2. The Morgan fingerprint density at radius 3 is 2.61 bits per heavy atom. The largest absolute Gasteiger partial charge is 0.313 e. The zero-order valence-electron chi connectivity index (χ0n) is 15.7. The smallest absolute Gasteiger partial charge is 0.252 e. The van der Waals surface area contributed by atoms with Crippen molar-refractivity contribution in [2.45, 2.75) is 23.5 Å². The molecule has 7 heteroatoms. The number of aromatic nitrogens is 1. The summed E-state index contributed by atoms with van der Waals surface area (Å²) in [6, 6.07) is 15.7. The minimum Gasteiger partial charge on any atom is -0.313 e. The van der Waals surface area contributed by atoms with Gasteiger partial charge in [0.25, 0.3) is 11.8 Å². The molecule has 2 heterocycles. The SMILES string of the molecule is Cc1ccc(-c2csc(NC(=O)C3(C)Sc4ccccc4N(C)C3=O)n2)cc1. The van der Waals surface area contributed by atoms with Crippen molar-refractivity contribution in [2.75, 3.05) is 17.3 Å². The number of nitrogens with zero attached hydrogens (tertiary/aromatic N) is 2. The van der Waals surface area contributed by atoms with Crippen molar-refractivity contribution in [2.24, 2.45) is 0 Å². The number of amides is 2. The molecular formula is C21H19N3O2S2. The van der Waals surface area contributed by atoms with Crippen LogP contribution in [-0.2, 0) is 9.59 Å². The molecule has 1 aliphatic heterocycles. The second-order valence-corrected chi connectivity index (χ2v) is 9.14. The van der Waals surface area contributed by atoms with E-state index in [1.807, 2.05) is 60.8 Å². The molecule has 4 rings (SSSR count). The minimum atomic E-state index is -1.25. The number of thiazole rings is 1. The van der Waals surface area contributed by atoms with Gasteiger partial charge in [-0.05, 0) is 26.0 Å². The lowest BCUT2D eigenvalue weighted by molar-refractivity contribution is -0.128. The molecule has 0 saturated heterocycles. The van der Waals surface area contributed by atoms with Gasteiger partial charge in [-0.3, -0.25) is 9.59 Å². The van der Waals surface area contributed by atoms with Gasteiger partial charge in [0.1, 0.15) is 0 Å². The number of para-hydroxylation sites is 1. The van der Waals surface area contributed by atoms with Crippen LogP contribution in [0.5, 0.6) is 0 Å². The lowest BCUT2D eigenvalue weighted by atomic mass is 10.1. The summed E-state index contributed by atoms with van der Waals surface area (Å²) in [4.78, 5) is 32.9. The van der Waals surface area contributed by atoms with Gasteiger partial charge in [-0.1, -0.05) is 53.7 Å². The molecule has 1 aromatic heterocycles. The van der Waals surface area contributed by atoms with Gasteiger partial charge >= 0.3 is 0 Å². The van der Waals surface area contributed by atoms with Gasteiger partial charge in [0.2, 0.25) is 0 Å². The summed E-state index contributed by atoms with van der Waals surface area (Å²) in [5.74, 6) is -0.613. The predicted molar refractivity (Wildman–Crippen MR) is 115 cm³/mol. The number of thioether (sulfide) groups is 1. The summed E-state index contributed by atoms with van der Waals surface area (Å²) < 4.78 is -1.25. The first-order valence-corrected chi connectivity index (χ1v) is 10.5. The number of anilines is 2. The molecule has 3 aromatic rings. The molecule has 1 unspecified atom stereocenters. The van der Waals surface area contributed by atoms with E-state index >= 15 is 0 Å². The zero-order valence-corrected chi connectivity index (χ0v) is 17.4. The van der Waals surface area contributed by atoms with Crippen molar-refractivity contribution in [3.8, 4) is 11.3 Å². The number of carbonyl (C=O) groups is 2. The topological polar surface area (TPSA) is 62.3 Å². The number of fused-ring (bicyclic) bond motifs is 1. The van der Waals surface area contributed by atoms with Gasteiger partial charge in [0, 0.05) is 22.9 Å². The third-order valence-electron chi connectivity index (χ3n) is 4.76. The molecule has 0 fully saturated rings. The van der Waals surface area contributed by atoms with Crippen LogP contribution in [0.15, 0.2) is 58.8 Å². The third kappa shape index (κ3) is 3.21. The number of nitrogens with one attached hydrogen (secondary N) is 1. The number of rotatable bonds is 3. The molecule has 0 spiro atoms. The molecule has 1 atom stereocenters. The number of aryl methyl sites for hydroxylation is 1. The molecule has 0 aliphatic carbocycles. The van der Waals surface area contributed by atoms with E-state index in [-0.39, 0.29) is 11.8 Å². The van der Waals surface area contributed by atoms with Gasteiger partial charge in [0.05, 0.1) is 11.4 Å². The van der Waals surface area contributed by atoms with Crippen molar-refractivity contribution in [3.63, 3.8) is 0 Å². The lowest BCUT2D eigenvalue weighted by Gasteiger charge is -2.36. The molecule has 142 valence electrons. The summed E-state index contributed by atoms with van der Waals surface area (Å²) in [6.45, 7) is 3.70. The highest BCUT2D eigenvalue weighted by molar-refractivity contribution is 8.02. The van der Waals surface area contributed by atoms with E-state index in [1.54, 1.807) is 18.9 Å². The van der Waals surface area contributed by atoms with Crippen LogP contribution in [0.25, 0.3) is 11.3 Å². The first kappa shape index (κ1) is 18.7. The van der Waals surface area contributed by atoms with Crippen LogP contribution < -0.4 is 10.2 Å². The Morgan fingerprint density at radius 1 is 1.14 bits per heavy atom. The maximum absolute atomic E-state index is 13.0. The van der Waals surface area contributed by atoms with Crippen molar-refractivity contribution >= 4 is 45.7 Å². The van der Waals surface area contributed by atoms with E-state index in [1.165, 1.54) is 28.7 Å². The van der Waals surface area contributed by atoms with Gasteiger partial charge < -0.3 is 10.2 Å². The quantitative estimate of drug-likeness (QED) is 0.643. The van der Waals surface area contributed by atoms with E-state index in [2.05, 4.69) is 10.3 Å². The normalized spacial score (nSPS) is 18.7. The maximum atomic E-state index is 13.0. The molecule has 28 heavy (non-hydrogen) atoms. The highest BCUT2D eigenvalue weighted by Crippen LogP contribution is 2.45. The Morgan fingerprint density at radius 2 is 1.86 bits per heavy atom. The minimum absolute atomic E-state index is 0.246. The lowest BCUT2D eigenvalue weighted by Crippen LogP contribution is -2.53. The molecule has 1 aliphatic rings. The van der Waals surface area contributed by atoms with Crippen LogP contribution >= 0.6 is 23.1 Å². The van der Waals surface area contributed by atoms with Crippen LogP contribution in [0, 0.1) is 6.92 Å². The summed E-state index contributed by atoms with van der Waals surface area (Å²) in [7, 11) is 1.70. The first-order valence-electron chi connectivity index (χ1n) is 8.79. The van der Waals surface area contributed by atoms with Gasteiger partial charge in [0.15, 0.2) is 9.88 Å². The maximum Gasteiger partial charge on any atom is 0.252 e. The van der Waals surface area contributed by atoms with Crippen LogP contribution in [0.4, 0.5) is 10.8 Å². The molecule has 2 amide bonds. The highest BCUT2D eigenvalue weighted by Gasteiger charge is 2.48. The Kier molecular flexibility index (Phi) is 4.72. The van der Waals surface area contributed by atoms with Crippen molar-refractivity contribution < 1.29 is 9.59 Å². The second-order valence-electron chi connectivity index (χ2n) is 6.83. The Balaban J connectivity index is 1.57. The fourth-order valence-corrected chi connectivity index (χ4v) is 5.04. The molecular weight excluding hydrogens is 390 g/mol. The second kappa shape index (κ2) is 7.07. The van der Waals surface area contributed by atoms with Crippen LogP contribution in [0.2, 0.25) is 0 Å². The van der Waals surface area contributed by atoms with Gasteiger partial charge in [-0.2, -0.15) is 0 Å². The van der Waals surface area contributed by atoms with E-state index in [9.17, 15) is 9.59 Å². The number of hydrogen-bond acceptors (Lipinski definition) is 5. The van der Waals surface area contributed by atoms with Crippen molar-refractivity contribution in [3.05, 3.63) is 59.5 Å². The molecule has 0 radical (unpaired) electrons. The Labute approximate surface area is 171 Å². The van der Waals surface area contributed by atoms with Gasteiger partial charge in [-0.25, -0.2) is 4.98 Å². The van der Waals surface area contributed by atoms with Crippen LogP contribution in [-0.4, -0.2) is 28.6 Å². The van der Waals surface area contributed by atoms with E-state index in [0.29, 0.717) is 5.13 Å². The van der Waals surface area contributed by atoms with Crippen molar-refractivity contribution in [1.29, 1.82) is 0 Å². The number of hydrogen-bond donors (Lipinski definition) is 1. The predicted octanol–water partition coefficient (Wildman–Crippen LogP) is 4.58. The summed E-state index contributed by atoms with van der Waals surface area (Å²) in [5.41, 5.74) is 3.79. The Hall–Kier alpha value is -2.64. The van der Waals surface area contributed by atoms with Crippen LogP contribution in [0.1, 0.15) is 12.5 Å². The molecule has 2 aromatic carbocycles. The van der Waals surface area contributed by atoms with E-state index in [4.69, 9.17) is 0 Å². The van der Waals surface area contributed by atoms with Crippen LogP contribution in [0.3, 0.4) is 0 Å². The average Bonchev–Trinajstić information content (AvgIpc) is 3.15. The van der Waals surface area contributed by atoms with E-state index in [0.717, 1.165) is 21.8 Å². The fourth-order valence-electron chi connectivity index (χ4n) is 3.06. The summed E-state index contributed by atoms with van der Waals surface area (Å²) in [6.07, 6.45) is 0. The highest BCUT2D eigenvalue weighted by atomic mass is 32.2. The molecule has 0 bridgehead atoms. The zero-order chi connectivity index (χ0) is 19.9. The third-order valence-corrected chi connectivity index (χ3v) is 6.85. The number of benzene rings is 2. The van der Waals surface area contributed by atoms with E-state index < -0.39 is 4.75 Å². The first-order chi connectivity index (χ1) is 13.4. The van der Waals surface area contributed by atoms with Crippen molar-refractivity contribution in [1.82, 2.24) is 4.98 Å². The molecule has 1 N–H and O–H groups in total. The molecule has 0 saturated carbocycles.